The van der Waals surface area contributed by atoms with E-state index in [1.165, 1.54) is 13.2 Å². The average molecular weight is 224 g/mol. The van der Waals surface area contributed by atoms with E-state index in [-0.39, 0.29) is 25.0 Å². The lowest BCUT2D eigenvalue weighted by molar-refractivity contribution is -0.141. The van der Waals surface area contributed by atoms with E-state index in [1.54, 1.807) is 18.2 Å². The molecule has 4 heteroatoms. The van der Waals surface area contributed by atoms with Gasteiger partial charge in [-0.05, 0) is 11.6 Å². The summed E-state index contributed by atoms with van der Waals surface area (Å²) >= 11 is 0. The normalized spacial score (nSPS) is 9.88. The predicted molar refractivity (Wildman–Crippen MR) is 56.4 cm³/mol. The maximum Gasteiger partial charge on any atom is 0.305 e. The third-order valence-corrected chi connectivity index (χ3v) is 2.18. The van der Waals surface area contributed by atoms with Gasteiger partial charge in [0, 0.05) is 12.8 Å². The molecule has 0 atom stereocenters. The van der Waals surface area contributed by atoms with Crippen LogP contribution in [-0.2, 0) is 20.7 Å². The summed E-state index contributed by atoms with van der Waals surface area (Å²) in [5.74, 6) is -0.994. The van der Waals surface area contributed by atoms with Crippen molar-refractivity contribution in [2.75, 3.05) is 7.11 Å². The molecule has 0 heterocycles. The van der Waals surface area contributed by atoms with Crippen molar-refractivity contribution in [1.82, 2.24) is 0 Å². The molecule has 1 aromatic rings. The topological polar surface area (TPSA) is 43.4 Å². The molecular formula is C12H13FO3. The van der Waals surface area contributed by atoms with Crippen molar-refractivity contribution in [2.45, 2.75) is 19.3 Å². The molecule has 1 rings (SSSR count). The zero-order chi connectivity index (χ0) is 12.0. The number of hydrogen-bond donors (Lipinski definition) is 0. The first kappa shape index (κ1) is 12.4. The molecule has 0 bridgehead atoms. The molecule has 16 heavy (non-hydrogen) atoms. The largest absolute Gasteiger partial charge is 0.469 e. The van der Waals surface area contributed by atoms with Crippen LogP contribution in [-0.4, -0.2) is 18.9 Å². The fraction of sp³-hybridized carbons (Fsp3) is 0.333. The molecule has 3 nitrogen and oxygen atoms in total. The number of Topliss-reactive ketones (excluding diaryl/α,β-unsaturated/α-hetero) is 1. The maximum atomic E-state index is 13.2. The van der Waals surface area contributed by atoms with Gasteiger partial charge in [0.15, 0.2) is 0 Å². The van der Waals surface area contributed by atoms with Crippen molar-refractivity contribution in [3.05, 3.63) is 35.6 Å². The number of carbonyl (C=O) groups is 2. The van der Waals surface area contributed by atoms with Crippen LogP contribution >= 0.6 is 0 Å². The van der Waals surface area contributed by atoms with Gasteiger partial charge in [-0.3, -0.25) is 9.59 Å². The van der Waals surface area contributed by atoms with Gasteiger partial charge >= 0.3 is 5.97 Å². The number of esters is 1. The molecule has 0 radical (unpaired) electrons. The molecule has 0 saturated carbocycles. The molecule has 0 fully saturated rings. The molecule has 0 aliphatic rings. The predicted octanol–water partition coefficient (Wildman–Crippen LogP) is 1.89. The van der Waals surface area contributed by atoms with Crippen LogP contribution in [0.3, 0.4) is 0 Å². The molecule has 1 aromatic carbocycles. The summed E-state index contributed by atoms with van der Waals surface area (Å²) in [6.45, 7) is 0. The Balaban J connectivity index is 2.46. The van der Waals surface area contributed by atoms with Crippen LogP contribution in [0.25, 0.3) is 0 Å². The lowest BCUT2D eigenvalue weighted by atomic mass is 10.1. The third-order valence-electron chi connectivity index (χ3n) is 2.18. The fourth-order valence-corrected chi connectivity index (χ4v) is 1.29. The number of methoxy groups -OCH3 is 1. The molecule has 0 spiro atoms. The Morgan fingerprint density at radius 3 is 2.56 bits per heavy atom. The molecule has 0 unspecified atom stereocenters. The van der Waals surface area contributed by atoms with Crippen molar-refractivity contribution < 1.29 is 18.7 Å². The number of carbonyl (C=O) groups excluding carboxylic acids is 2. The quantitative estimate of drug-likeness (QED) is 0.717. The number of rotatable bonds is 5. The Labute approximate surface area is 93.2 Å². The second-order valence-corrected chi connectivity index (χ2v) is 3.38. The first-order chi connectivity index (χ1) is 7.63. The minimum Gasteiger partial charge on any atom is -0.469 e. The van der Waals surface area contributed by atoms with E-state index in [2.05, 4.69) is 4.74 Å². The Morgan fingerprint density at radius 1 is 1.25 bits per heavy atom. The van der Waals surface area contributed by atoms with Gasteiger partial charge < -0.3 is 4.74 Å². The highest BCUT2D eigenvalue weighted by Gasteiger charge is 2.10. The lowest BCUT2D eigenvalue weighted by Crippen LogP contribution is -2.08. The van der Waals surface area contributed by atoms with Gasteiger partial charge in [0.2, 0.25) is 0 Å². The summed E-state index contributed by atoms with van der Waals surface area (Å²) in [7, 11) is 1.27. The van der Waals surface area contributed by atoms with Gasteiger partial charge in [0.25, 0.3) is 0 Å². The Morgan fingerprint density at radius 2 is 1.94 bits per heavy atom. The summed E-state index contributed by atoms with van der Waals surface area (Å²) in [4.78, 5) is 22.2. The molecule has 0 aromatic heterocycles. The number of ether oxygens (including phenoxy) is 1. The summed E-state index contributed by atoms with van der Waals surface area (Å²) in [6, 6.07) is 6.11. The van der Waals surface area contributed by atoms with Crippen LogP contribution < -0.4 is 0 Å². The third kappa shape index (κ3) is 3.81. The Bertz CT molecular complexity index is 388. The van der Waals surface area contributed by atoms with Gasteiger partial charge in [0.1, 0.15) is 11.6 Å². The highest BCUT2D eigenvalue weighted by molar-refractivity contribution is 5.84. The van der Waals surface area contributed by atoms with Gasteiger partial charge in [0.05, 0.1) is 13.5 Å². The average Bonchev–Trinajstić information content (AvgIpc) is 2.29. The van der Waals surface area contributed by atoms with E-state index in [4.69, 9.17) is 0 Å². The second kappa shape index (κ2) is 6.00. The monoisotopic (exact) mass is 224 g/mol. The molecule has 0 aliphatic heterocycles. The second-order valence-electron chi connectivity index (χ2n) is 3.38. The van der Waals surface area contributed by atoms with Crippen LogP contribution in [0.2, 0.25) is 0 Å². The smallest absolute Gasteiger partial charge is 0.305 e. The minimum absolute atomic E-state index is 0.0175. The van der Waals surface area contributed by atoms with Gasteiger partial charge in [-0.15, -0.1) is 0 Å². The van der Waals surface area contributed by atoms with Crippen LogP contribution in [0.1, 0.15) is 18.4 Å². The molecule has 0 aliphatic carbocycles. The van der Waals surface area contributed by atoms with Crippen molar-refractivity contribution in [2.24, 2.45) is 0 Å². The first-order valence-electron chi connectivity index (χ1n) is 4.95. The van der Waals surface area contributed by atoms with Crippen LogP contribution in [0.15, 0.2) is 24.3 Å². The molecule has 0 saturated heterocycles. The highest BCUT2D eigenvalue weighted by atomic mass is 19.1. The van der Waals surface area contributed by atoms with Crippen molar-refractivity contribution in [3.8, 4) is 0 Å². The van der Waals surface area contributed by atoms with Crippen LogP contribution in [0.5, 0.6) is 0 Å². The Hall–Kier alpha value is -1.71. The van der Waals surface area contributed by atoms with Crippen molar-refractivity contribution >= 4 is 11.8 Å². The number of ketones is 1. The first-order valence-corrected chi connectivity index (χ1v) is 4.95. The van der Waals surface area contributed by atoms with Gasteiger partial charge in [-0.2, -0.15) is 0 Å². The standard InChI is InChI=1S/C12H13FO3/c1-16-12(15)7-6-10(14)8-9-4-2-3-5-11(9)13/h2-5H,6-8H2,1H3. The molecule has 86 valence electrons. The molecule has 0 amide bonds. The van der Waals surface area contributed by atoms with E-state index >= 15 is 0 Å². The Kier molecular flexibility index (Phi) is 4.64. The molecular weight excluding hydrogens is 211 g/mol. The summed E-state index contributed by atoms with van der Waals surface area (Å²) in [6.07, 6.45) is 0.147. The lowest BCUT2D eigenvalue weighted by Gasteiger charge is -2.02. The SMILES string of the molecule is COC(=O)CCC(=O)Cc1ccccc1F. The van der Waals surface area contributed by atoms with E-state index in [0.29, 0.717) is 5.56 Å². The summed E-state index contributed by atoms with van der Waals surface area (Å²) in [5.41, 5.74) is 0.359. The van der Waals surface area contributed by atoms with Gasteiger partial charge in [-0.25, -0.2) is 4.39 Å². The van der Waals surface area contributed by atoms with E-state index in [0.717, 1.165) is 0 Å². The number of halogens is 1. The zero-order valence-electron chi connectivity index (χ0n) is 9.03. The fourth-order valence-electron chi connectivity index (χ4n) is 1.29. The number of hydrogen-bond acceptors (Lipinski definition) is 3. The minimum atomic E-state index is -0.429. The summed E-state index contributed by atoms with van der Waals surface area (Å²) in [5, 5.41) is 0. The van der Waals surface area contributed by atoms with E-state index in [9.17, 15) is 14.0 Å². The van der Waals surface area contributed by atoms with Crippen molar-refractivity contribution in [1.29, 1.82) is 0 Å². The summed E-state index contributed by atoms with van der Waals surface area (Å²) < 4.78 is 17.6. The van der Waals surface area contributed by atoms with Crippen LogP contribution in [0, 0.1) is 5.82 Å². The van der Waals surface area contributed by atoms with E-state index in [1.807, 2.05) is 0 Å². The van der Waals surface area contributed by atoms with Crippen molar-refractivity contribution in [3.63, 3.8) is 0 Å². The molecule has 0 N–H and O–H groups in total. The van der Waals surface area contributed by atoms with E-state index < -0.39 is 11.8 Å². The highest BCUT2D eigenvalue weighted by Crippen LogP contribution is 2.09. The zero-order valence-corrected chi connectivity index (χ0v) is 9.03. The van der Waals surface area contributed by atoms with Gasteiger partial charge in [-0.1, -0.05) is 18.2 Å². The van der Waals surface area contributed by atoms with Crippen LogP contribution in [0.4, 0.5) is 4.39 Å². The maximum absolute atomic E-state index is 13.2. The number of benzene rings is 1.